The van der Waals surface area contributed by atoms with Crippen LogP contribution in [0.15, 0.2) is 21.9 Å². The van der Waals surface area contributed by atoms with Gasteiger partial charge in [0, 0.05) is 18.2 Å². The fraction of sp³-hybridized carbons (Fsp3) is 0.700. The summed E-state index contributed by atoms with van der Waals surface area (Å²) < 4.78 is 26.1. The van der Waals surface area contributed by atoms with Crippen LogP contribution < -0.4 is 11.2 Å². The van der Waals surface area contributed by atoms with Crippen LogP contribution in [0.1, 0.15) is 57.0 Å². The third kappa shape index (κ3) is 4.48. The molecule has 0 aromatic carbocycles. The Bertz CT molecular complexity index is 951. The Morgan fingerprint density at radius 1 is 1.26 bits per heavy atom. The molecule has 2 aliphatic rings. The van der Waals surface area contributed by atoms with Crippen LogP contribution in [-0.4, -0.2) is 55.9 Å². The quantitative estimate of drug-likeness (QED) is 0.623. The van der Waals surface area contributed by atoms with E-state index in [-0.39, 0.29) is 0 Å². The second kappa shape index (κ2) is 9.01. The van der Waals surface area contributed by atoms with Gasteiger partial charge in [-0.15, -0.1) is 0 Å². The summed E-state index contributed by atoms with van der Waals surface area (Å²) in [6.45, 7) is 2.06. The molecule has 1 aliphatic carbocycles. The van der Waals surface area contributed by atoms with Crippen LogP contribution in [-0.2, 0) is 14.3 Å². The number of hydrogen-bond acceptors (Lipinski definition) is 8. The molecule has 2 fully saturated rings. The zero-order valence-corrected chi connectivity index (χ0v) is 17.4. The molecule has 3 rings (SSSR count). The molecule has 1 aromatic heterocycles. The van der Waals surface area contributed by atoms with Crippen molar-refractivity contribution < 1.29 is 33.7 Å². The zero-order chi connectivity index (χ0) is 22.9. The summed E-state index contributed by atoms with van der Waals surface area (Å²) in [5.41, 5.74) is -1.95. The van der Waals surface area contributed by atoms with Gasteiger partial charge in [0.15, 0.2) is 12.8 Å². The lowest BCUT2D eigenvalue weighted by molar-refractivity contribution is -0.218. The van der Waals surface area contributed by atoms with Gasteiger partial charge in [-0.3, -0.25) is 19.0 Å². The second-order valence-electron chi connectivity index (χ2n) is 8.34. The summed E-state index contributed by atoms with van der Waals surface area (Å²) in [6.07, 6.45) is -1.15. The van der Waals surface area contributed by atoms with Crippen molar-refractivity contribution in [2.24, 2.45) is 11.8 Å². The predicted molar refractivity (Wildman–Crippen MR) is 104 cm³/mol. The van der Waals surface area contributed by atoms with Crippen molar-refractivity contribution in [2.75, 3.05) is 6.61 Å². The van der Waals surface area contributed by atoms with Crippen LogP contribution in [0.3, 0.4) is 0 Å². The molecule has 0 amide bonds. The van der Waals surface area contributed by atoms with Gasteiger partial charge in [0.25, 0.3) is 11.4 Å². The van der Waals surface area contributed by atoms with Crippen LogP contribution in [0.4, 0.5) is 4.39 Å². The Morgan fingerprint density at radius 3 is 2.52 bits per heavy atom. The third-order valence-electron chi connectivity index (χ3n) is 5.72. The number of esters is 1. The summed E-state index contributed by atoms with van der Waals surface area (Å²) in [6, 6.07) is 0.932. The van der Waals surface area contributed by atoms with E-state index < -0.39 is 65.9 Å². The van der Waals surface area contributed by atoms with E-state index in [0.29, 0.717) is 22.0 Å². The first kappa shape index (κ1) is 23.3. The van der Waals surface area contributed by atoms with Crippen molar-refractivity contribution in [3.8, 4) is 0 Å². The van der Waals surface area contributed by atoms with Crippen LogP contribution in [0, 0.1) is 11.8 Å². The number of aromatic nitrogens is 2. The van der Waals surface area contributed by atoms with E-state index in [1.165, 1.54) is 13.8 Å². The molecule has 31 heavy (non-hydrogen) atoms. The minimum atomic E-state index is -2.98. The average molecular weight is 442 g/mol. The van der Waals surface area contributed by atoms with Crippen molar-refractivity contribution in [3.63, 3.8) is 0 Å². The first-order chi connectivity index (χ1) is 14.6. The molecule has 0 radical (unpaired) electrons. The third-order valence-corrected chi connectivity index (χ3v) is 5.72. The summed E-state index contributed by atoms with van der Waals surface area (Å²) >= 11 is 0. The number of rotatable bonds is 5. The Labute approximate surface area is 177 Å². The van der Waals surface area contributed by atoms with Gasteiger partial charge in [-0.1, -0.05) is 33.1 Å². The van der Waals surface area contributed by atoms with Gasteiger partial charge in [0.05, 0.1) is 5.92 Å². The van der Waals surface area contributed by atoms with E-state index in [1.54, 1.807) is 0 Å². The molecule has 0 unspecified atom stereocenters. The van der Waals surface area contributed by atoms with Crippen molar-refractivity contribution in [1.82, 2.24) is 9.13 Å². The molecule has 11 heteroatoms. The molecule has 172 valence electrons. The normalized spacial score (nSPS) is 29.3. The molecule has 1 aliphatic heterocycles. The monoisotopic (exact) mass is 442 g/mol. The standard InChI is InChI=1S/C20H27FN2O8/c1-11(2)18(28)30-10-20(21)15(26)14(25)17(31-20)22-9-8-13(24)23(19(22)29)16(27)12-6-4-3-5-7-12/h8-9,11-12,14-15,17,25-26H,3-7,10H2,1-2H3/t14-,15+,17-,20-/m1/s1. The summed E-state index contributed by atoms with van der Waals surface area (Å²) in [5.74, 6) is -5.42. The molecular formula is C20H27FN2O8. The molecule has 2 heterocycles. The molecule has 4 atom stereocenters. The van der Waals surface area contributed by atoms with Crippen LogP contribution in [0.2, 0.25) is 0 Å². The zero-order valence-electron chi connectivity index (χ0n) is 17.4. The van der Waals surface area contributed by atoms with Gasteiger partial charge in [0.1, 0.15) is 12.2 Å². The van der Waals surface area contributed by atoms with Crippen molar-refractivity contribution in [1.29, 1.82) is 0 Å². The number of aliphatic hydroxyl groups is 2. The van der Waals surface area contributed by atoms with Crippen LogP contribution in [0.5, 0.6) is 0 Å². The average Bonchev–Trinajstić information content (AvgIpc) is 2.97. The lowest BCUT2D eigenvalue weighted by atomic mass is 9.88. The number of nitrogens with zero attached hydrogens (tertiary/aromatic N) is 2. The smallest absolute Gasteiger partial charge is 0.340 e. The Morgan fingerprint density at radius 2 is 1.90 bits per heavy atom. The molecule has 0 spiro atoms. The van der Waals surface area contributed by atoms with Crippen LogP contribution in [0.25, 0.3) is 0 Å². The highest BCUT2D eigenvalue weighted by Gasteiger charge is 2.57. The SMILES string of the molecule is CC(C)C(=O)OC[C@@]1(F)O[C@@H](n2ccc(=O)n(C(=O)C3CCCCC3)c2=O)[C@H](O)[C@@H]1O. The number of halogens is 1. The molecule has 1 aromatic rings. The first-order valence-electron chi connectivity index (χ1n) is 10.3. The fourth-order valence-electron chi connectivity index (χ4n) is 3.85. The summed E-state index contributed by atoms with van der Waals surface area (Å²) in [4.78, 5) is 49.6. The van der Waals surface area contributed by atoms with E-state index in [1.807, 2.05) is 0 Å². The minimum absolute atomic E-state index is 0.454. The topological polar surface area (TPSA) is 137 Å². The van der Waals surface area contributed by atoms with Gasteiger partial charge < -0.3 is 19.7 Å². The molecule has 1 saturated heterocycles. The number of aliphatic hydroxyl groups excluding tert-OH is 2. The molecule has 0 bridgehead atoms. The van der Waals surface area contributed by atoms with E-state index in [4.69, 9.17) is 9.47 Å². The maximum absolute atomic E-state index is 15.1. The highest BCUT2D eigenvalue weighted by atomic mass is 19.2. The predicted octanol–water partition coefficient (Wildman–Crippen LogP) is 0.346. The number of carbonyl (C=O) groups excluding carboxylic acids is 2. The highest BCUT2D eigenvalue weighted by molar-refractivity contribution is 5.81. The maximum Gasteiger partial charge on any atom is 0.340 e. The molecule has 1 saturated carbocycles. The number of ether oxygens (including phenoxy) is 2. The number of alkyl halides is 1. The van der Waals surface area contributed by atoms with Gasteiger partial charge >= 0.3 is 11.7 Å². The lowest BCUT2D eigenvalue weighted by Crippen LogP contribution is -2.47. The highest BCUT2D eigenvalue weighted by Crippen LogP contribution is 2.38. The number of hydrogen-bond donors (Lipinski definition) is 2. The van der Waals surface area contributed by atoms with E-state index in [9.17, 15) is 29.4 Å². The Kier molecular flexibility index (Phi) is 6.77. The molecule has 10 nitrogen and oxygen atoms in total. The first-order valence-corrected chi connectivity index (χ1v) is 10.3. The van der Waals surface area contributed by atoms with Gasteiger partial charge in [-0.2, -0.15) is 4.57 Å². The van der Waals surface area contributed by atoms with Gasteiger partial charge in [-0.25, -0.2) is 9.18 Å². The van der Waals surface area contributed by atoms with E-state index in [0.717, 1.165) is 31.5 Å². The second-order valence-corrected chi connectivity index (χ2v) is 8.34. The summed E-state index contributed by atoms with van der Waals surface area (Å²) in [7, 11) is 0. The van der Waals surface area contributed by atoms with Gasteiger partial charge in [-0.05, 0) is 12.8 Å². The molecular weight excluding hydrogens is 415 g/mol. The van der Waals surface area contributed by atoms with E-state index >= 15 is 4.39 Å². The van der Waals surface area contributed by atoms with Crippen molar-refractivity contribution >= 4 is 11.9 Å². The largest absolute Gasteiger partial charge is 0.459 e. The number of carbonyl (C=O) groups is 2. The minimum Gasteiger partial charge on any atom is -0.459 e. The van der Waals surface area contributed by atoms with Crippen LogP contribution >= 0.6 is 0 Å². The maximum atomic E-state index is 15.1. The van der Waals surface area contributed by atoms with Crippen molar-refractivity contribution in [2.45, 2.75) is 70.2 Å². The lowest BCUT2D eigenvalue weighted by Gasteiger charge is -2.23. The van der Waals surface area contributed by atoms with E-state index in [2.05, 4.69) is 0 Å². The Hall–Kier alpha value is -2.37. The fourth-order valence-corrected chi connectivity index (χ4v) is 3.85. The Balaban J connectivity index is 1.89. The summed E-state index contributed by atoms with van der Waals surface area (Å²) in [5, 5.41) is 20.4. The van der Waals surface area contributed by atoms with Gasteiger partial charge in [0.2, 0.25) is 5.91 Å². The van der Waals surface area contributed by atoms with Crippen molar-refractivity contribution in [3.05, 3.63) is 33.1 Å². The molecule has 2 N–H and O–H groups in total.